The fourth-order valence-corrected chi connectivity index (χ4v) is 3.64. The summed E-state index contributed by atoms with van der Waals surface area (Å²) in [4.78, 5) is -0.488. The van der Waals surface area contributed by atoms with Gasteiger partial charge in [0.2, 0.25) is 0 Å². The lowest BCUT2D eigenvalue weighted by molar-refractivity contribution is -0.253. The summed E-state index contributed by atoms with van der Waals surface area (Å²) in [6.45, 7) is 1.16. The maximum Gasteiger partial charge on any atom is 0.461 e. The molecule has 0 N–H and O–H groups in total. The predicted octanol–water partition coefficient (Wildman–Crippen LogP) is 6.50. The van der Waals surface area contributed by atoms with E-state index in [0.29, 0.717) is 24.3 Å². The molecule has 2 nitrogen and oxygen atoms in total. The number of benzene rings is 2. The van der Waals surface area contributed by atoms with Crippen molar-refractivity contribution in [2.24, 2.45) is 0 Å². The summed E-state index contributed by atoms with van der Waals surface area (Å²) in [5.74, 6) is -5.41. The van der Waals surface area contributed by atoms with Crippen LogP contribution in [-0.2, 0) is 10.8 Å². The summed E-state index contributed by atoms with van der Waals surface area (Å²) in [5, 5.41) is -0.843. The first-order valence-electron chi connectivity index (χ1n) is 7.72. The van der Waals surface area contributed by atoms with E-state index in [0.717, 1.165) is 6.92 Å². The second-order valence-electron chi connectivity index (χ2n) is 5.93. The van der Waals surface area contributed by atoms with Crippen molar-refractivity contribution in [3.63, 3.8) is 0 Å². The zero-order valence-electron chi connectivity index (χ0n) is 14.6. The number of halogens is 10. The molecule has 0 saturated heterocycles. The zero-order valence-corrected chi connectivity index (χ0v) is 16.2. The number of ether oxygens (including phenoxy) is 1. The van der Waals surface area contributed by atoms with Gasteiger partial charge in [0, 0.05) is 16.0 Å². The molecule has 0 amide bonds. The first-order chi connectivity index (χ1) is 13.6. The topological polar surface area (TPSA) is 26.3 Å². The first kappa shape index (κ1) is 24.3. The Balaban J connectivity index is 2.59. The van der Waals surface area contributed by atoms with Crippen molar-refractivity contribution in [1.82, 2.24) is 0 Å². The van der Waals surface area contributed by atoms with Crippen molar-refractivity contribution in [3.05, 3.63) is 46.5 Å². The van der Waals surface area contributed by atoms with Gasteiger partial charge in [-0.2, -0.15) is 30.7 Å². The van der Waals surface area contributed by atoms with Crippen LogP contribution in [0.3, 0.4) is 0 Å². The Hall–Kier alpha value is -1.95. The summed E-state index contributed by atoms with van der Waals surface area (Å²) >= 11 is 5.51. The van der Waals surface area contributed by atoms with E-state index in [4.69, 9.17) is 11.6 Å². The van der Waals surface area contributed by atoms with Crippen LogP contribution in [0.25, 0.3) is 11.1 Å². The Labute approximate surface area is 171 Å². The van der Waals surface area contributed by atoms with Gasteiger partial charge in [0.05, 0.1) is 15.8 Å². The van der Waals surface area contributed by atoms with Gasteiger partial charge in [-0.05, 0) is 36.8 Å². The molecule has 0 aliphatic heterocycles. The second-order valence-corrected chi connectivity index (χ2v) is 7.76. The lowest BCUT2D eigenvalue weighted by atomic mass is 10.0. The molecule has 2 aromatic carbocycles. The van der Waals surface area contributed by atoms with E-state index in [2.05, 4.69) is 4.74 Å². The van der Waals surface area contributed by atoms with E-state index < -0.39 is 73.7 Å². The maximum absolute atomic E-state index is 14.4. The molecule has 2 aromatic rings. The zero-order chi connectivity index (χ0) is 23.0. The molecule has 1 unspecified atom stereocenters. The van der Waals surface area contributed by atoms with Crippen LogP contribution in [-0.4, -0.2) is 28.7 Å². The van der Waals surface area contributed by atoms with Gasteiger partial charge < -0.3 is 4.74 Å². The molecule has 0 aliphatic rings. The molecule has 166 valence electrons. The fraction of sp³-hybridized carbons (Fsp3) is 0.294. The summed E-state index contributed by atoms with van der Waals surface area (Å²) < 4.78 is 133. The van der Waals surface area contributed by atoms with E-state index in [1.807, 2.05) is 0 Å². The second kappa shape index (κ2) is 8.66. The summed E-state index contributed by atoms with van der Waals surface area (Å²) in [6.07, 6.45) is -14.1. The molecular formula is C17H10ClF9O2S. The Morgan fingerprint density at radius 3 is 2.07 bits per heavy atom. The fourth-order valence-electron chi connectivity index (χ4n) is 2.34. The van der Waals surface area contributed by atoms with Crippen LogP contribution in [0.4, 0.5) is 39.5 Å². The predicted molar refractivity (Wildman–Crippen MR) is 90.5 cm³/mol. The third kappa shape index (κ3) is 5.60. The van der Waals surface area contributed by atoms with Crippen LogP contribution >= 0.6 is 11.6 Å². The molecule has 0 fully saturated rings. The van der Waals surface area contributed by atoms with Gasteiger partial charge in [0.15, 0.2) is 0 Å². The van der Waals surface area contributed by atoms with Crippen LogP contribution in [0, 0.1) is 18.6 Å². The smallest absolute Gasteiger partial charge is 0.427 e. The minimum atomic E-state index is -5.01. The van der Waals surface area contributed by atoms with Crippen LogP contribution in [0.15, 0.2) is 29.2 Å². The summed E-state index contributed by atoms with van der Waals surface area (Å²) in [7, 11) is -2.69. The van der Waals surface area contributed by atoms with Crippen molar-refractivity contribution in [3.8, 4) is 16.9 Å². The highest BCUT2D eigenvalue weighted by Gasteiger charge is 2.44. The van der Waals surface area contributed by atoms with Crippen molar-refractivity contribution >= 4 is 22.4 Å². The number of hydrogen-bond donors (Lipinski definition) is 0. The van der Waals surface area contributed by atoms with E-state index in [1.165, 1.54) is 0 Å². The average molecular weight is 485 g/mol. The molecular weight excluding hydrogens is 475 g/mol. The van der Waals surface area contributed by atoms with Crippen LogP contribution in [0.2, 0.25) is 5.02 Å². The molecule has 0 radical (unpaired) electrons. The molecule has 0 bridgehead atoms. The number of aryl methyl sites for hydroxylation is 1. The molecule has 0 aliphatic carbocycles. The lowest BCUT2D eigenvalue weighted by Gasteiger charge is -2.19. The first-order valence-corrected chi connectivity index (χ1v) is 9.41. The SMILES string of the molecule is Cc1cc(F)c(-c2cc(OC(F)(F)C(F)F)c(Cl)cc2F)cc1S(=O)CC(F)(F)F. The minimum Gasteiger partial charge on any atom is -0.427 e. The van der Waals surface area contributed by atoms with E-state index in [-0.39, 0.29) is 5.56 Å². The van der Waals surface area contributed by atoms with Gasteiger partial charge in [0.25, 0.3) is 0 Å². The van der Waals surface area contributed by atoms with E-state index >= 15 is 0 Å². The Bertz CT molecular complexity index is 977. The molecule has 0 saturated carbocycles. The highest BCUT2D eigenvalue weighted by atomic mass is 35.5. The van der Waals surface area contributed by atoms with Crippen molar-refractivity contribution in [2.45, 2.75) is 30.5 Å². The van der Waals surface area contributed by atoms with Crippen molar-refractivity contribution < 1.29 is 48.5 Å². The quantitative estimate of drug-likeness (QED) is 0.438. The number of hydrogen-bond acceptors (Lipinski definition) is 2. The van der Waals surface area contributed by atoms with Gasteiger partial charge in [-0.15, -0.1) is 0 Å². The summed E-state index contributed by atoms with van der Waals surface area (Å²) in [6, 6.07) is 2.08. The van der Waals surface area contributed by atoms with Crippen LogP contribution < -0.4 is 4.74 Å². The summed E-state index contributed by atoms with van der Waals surface area (Å²) in [5.41, 5.74) is -1.73. The van der Waals surface area contributed by atoms with Crippen molar-refractivity contribution in [1.29, 1.82) is 0 Å². The molecule has 2 rings (SSSR count). The standard InChI is InChI=1S/C17H10ClF9O2S/c1-7-2-11(19)9(4-14(7)30(28)6-16(23,24)25)8-3-13(10(18)5-12(8)20)29-17(26,27)15(21)22/h2-5,15H,6H2,1H3. The van der Waals surface area contributed by atoms with E-state index in [1.54, 1.807) is 0 Å². The number of alkyl halides is 7. The lowest BCUT2D eigenvalue weighted by Crippen LogP contribution is -2.33. The minimum absolute atomic E-state index is 0.145. The maximum atomic E-state index is 14.4. The van der Waals surface area contributed by atoms with Gasteiger partial charge in [0.1, 0.15) is 23.1 Å². The monoisotopic (exact) mass is 484 g/mol. The Morgan fingerprint density at radius 2 is 1.53 bits per heavy atom. The average Bonchev–Trinajstić information content (AvgIpc) is 2.56. The van der Waals surface area contributed by atoms with Gasteiger partial charge in [-0.3, -0.25) is 4.21 Å². The van der Waals surface area contributed by atoms with Gasteiger partial charge >= 0.3 is 18.7 Å². The highest BCUT2D eigenvalue weighted by Crippen LogP contribution is 2.39. The molecule has 13 heteroatoms. The van der Waals surface area contributed by atoms with Crippen LogP contribution in [0.1, 0.15) is 5.56 Å². The molecule has 0 aromatic heterocycles. The van der Waals surface area contributed by atoms with E-state index in [9.17, 15) is 43.7 Å². The van der Waals surface area contributed by atoms with Crippen molar-refractivity contribution in [2.75, 3.05) is 5.75 Å². The van der Waals surface area contributed by atoms with Gasteiger partial charge in [-0.1, -0.05) is 11.6 Å². The molecule has 30 heavy (non-hydrogen) atoms. The van der Waals surface area contributed by atoms with Crippen LogP contribution in [0.5, 0.6) is 5.75 Å². The molecule has 1 atom stereocenters. The highest BCUT2D eigenvalue weighted by molar-refractivity contribution is 7.85. The number of rotatable bonds is 6. The van der Waals surface area contributed by atoms with Gasteiger partial charge in [-0.25, -0.2) is 8.78 Å². The third-order valence-electron chi connectivity index (χ3n) is 3.62. The Morgan fingerprint density at radius 1 is 1.00 bits per heavy atom. The molecule has 0 heterocycles. The Kier molecular flexibility index (Phi) is 7.02. The third-order valence-corrected chi connectivity index (χ3v) is 5.43. The largest absolute Gasteiger partial charge is 0.461 e. The molecule has 0 spiro atoms. The normalized spacial score (nSPS) is 13.6.